The van der Waals surface area contributed by atoms with Crippen molar-refractivity contribution in [2.75, 3.05) is 13.1 Å². The van der Waals surface area contributed by atoms with Gasteiger partial charge < -0.3 is 10.0 Å². The Bertz CT molecular complexity index is 491. The van der Waals surface area contributed by atoms with Crippen LogP contribution in [0.1, 0.15) is 32.3 Å². The Morgan fingerprint density at radius 3 is 2.95 bits per heavy atom. The maximum Gasteiger partial charge on any atom is 0.222 e. The molecule has 0 aliphatic carbocycles. The number of piperidine rings is 1. The number of rotatable bonds is 4. The highest BCUT2D eigenvalue weighted by Gasteiger charge is 2.27. The highest BCUT2D eigenvalue weighted by molar-refractivity contribution is 5.76. The van der Waals surface area contributed by atoms with Crippen LogP contribution in [0.3, 0.4) is 0 Å². The summed E-state index contributed by atoms with van der Waals surface area (Å²) in [6.45, 7) is 5.18. The van der Waals surface area contributed by atoms with Crippen molar-refractivity contribution in [3.63, 3.8) is 0 Å². The number of aliphatic hydroxyl groups excluding tert-OH is 1. The second-order valence-corrected chi connectivity index (χ2v) is 6.32. The number of carbonyl (C=O) groups is 1. The van der Waals surface area contributed by atoms with Crippen molar-refractivity contribution >= 4 is 5.91 Å². The number of nitrogens with zero attached hydrogens (tertiary/aromatic N) is 1. The van der Waals surface area contributed by atoms with Crippen molar-refractivity contribution in [1.82, 2.24) is 4.90 Å². The van der Waals surface area contributed by atoms with E-state index in [4.69, 9.17) is 0 Å². The van der Waals surface area contributed by atoms with Crippen LogP contribution in [0.15, 0.2) is 24.3 Å². The molecule has 1 aromatic carbocycles. The fraction of sp³-hybridized carbons (Fsp3) is 0.588. The van der Waals surface area contributed by atoms with E-state index in [2.05, 4.69) is 0 Å². The molecule has 0 radical (unpaired) electrons. The fourth-order valence-electron chi connectivity index (χ4n) is 2.84. The Hall–Kier alpha value is -1.42. The molecule has 3 unspecified atom stereocenters. The molecule has 1 amide bonds. The lowest BCUT2D eigenvalue weighted by Crippen LogP contribution is -2.46. The van der Waals surface area contributed by atoms with Crippen LogP contribution < -0.4 is 0 Å². The summed E-state index contributed by atoms with van der Waals surface area (Å²) in [5.74, 6) is 0.276. The quantitative estimate of drug-likeness (QED) is 0.927. The van der Waals surface area contributed by atoms with Crippen molar-refractivity contribution < 1.29 is 14.3 Å². The topological polar surface area (TPSA) is 40.5 Å². The highest BCUT2D eigenvalue weighted by Crippen LogP contribution is 2.20. The van der Waals surface area contributed by atoms with Gasteiger partial charge in [0.25, 0.3) is 0 Å². The van der Waals surface area contributed by atoms with Crippen LogP contribution in [0.5, 0.6) is 0 Å². The molecular formula is C17H24FNO2. The number of amides is 1. The molecule has 116 valence electrons. The molecular weight excluding hydrogens is 269 g/mol. The summed E-state index contributed by atoms with van der Waals surface area (Å²) >= 11 is 0. The van der Waals surface area contributed by atoms with E-state index < -0.39 is 6.10 Å². The number of carbonyl (C=O) groups excluding carboxylic acids is 1. The molecule has 3 atom stereocenters. The smallest absolute Gasteiger partial charge is 0.222 e. The van der Waals surface area contributed by atoms with Crippen molar-refractivity contribution in [1.29, 1.82) is 0 Å². The van der Waals surface area contributed by atoms with Crippen molar-refractivity contribution in [3.05, 3.63) is 35.6 Å². The molecule has 0 aromatic heterocycles. The van der Waals surface area contributed by atoms with Crippen molar-refractivity contribution in [2.45, 2.75) is 39.2 Å². The average Bonchev–Trinajstić information content (AvgIpc) is 2.41. The lowest BCUT2D eigenvalue weighted by Gasteiger charge is -2.34. The van der Waals surface area contributed by atoms with Gasteiger partial charge in [-0.15, -0.1) is 0 Å². The van der Waals surface area contributed by atoms with E-state index >= 15 is 0 Å². The van der Waals surface area contributed by atoms with E-state index in [1.807, 2.05) is 19.9 Å². The Labute approximate surface area is 125 Å². The van der Waals surface area contributed by atoms with Gasteiger partial charge in [0.2, 0.25) is 5.91 Å². The van der Waals surface area contributed by atoms with E-state index in [1.54, 1.807) is 11.0 Å². The van der Waals surface area contributed by atoms with Gasteiger partial charge in [0, 0.05) is 19.5 Å². The molecule has 0 saturated carbocycles. The molecule has 21 heavy (non-hydrogen) atoms. The molecule has 3 nitrogen and oxygen atoms in total. The summed E-state index contributed by atoms with van der Waals surface area (Å²) in [5.41, 5.74) is 0.919. The molecule has 4 heteroatoms. The molecule has 1 aliphatic rings. The van der Waals surface area contributed by atoms with Crippen molar-refractivity contribution in [3.8, 4) is 0 Å². The fourth-order valence-corrected chi connectivity index (χ4v) is 2.84. The Morgan fingerprint density at radius 1 is 1.52 bits per heavy atom. The summed E-state index contributed by atoms with van der Waals surface area (Å²) < 4.78 is 13.1. The Morgan fingerprint density at radius 2 is 2.29 bits per heavy atom. The minimum Gasteiger partial charge on any atom is -0.391 e. The monoisotopic (exact) mass is 293 g/mol. The third-order valence-corrected chi connectivity index (χ3v) is 4.27. The van der Waals surface area contributed by atoms with Crippen LogP contribution in [0.4, 0.5) is 4.39 Å². The minimum atomic E-state index is -0.416. The maximum absolute atomic E-state index is 13.1. The molecule has 1 saturated heterocycles. The van der Waals surface area contributed by atoms with E-state index in [1.165, 1.54) is 12.1 Å². The standard InChI is InChI=1S/C17H24FNO2/c1-12(8-14-4-3-5-15(18)10-14)9-17(21)19-7-6-13(2)16(20)11-19/h3-5,10,12-13,16,20H,6-9,11H2,1-2H3. The largest absolute Gasteiger partial charge is 0.391 e. The second-order valence-electron chi connectivity index (χ2n) is 6.32. The first-order chi connectivity index (χ1) is 9.95. The van der Waals surface area contributed by atoms with Gasteiger partial charge >= 0.3 is 0 Å². The molecule has 1 fully saturated rings. The van der Waals surface area contributed by atoms with E-state index in [9.17, 15) is 14.3 Å². The zero-order valence-corrected chi connectivity index (χ0v) is 12.8. The van der Waals surface area contributed by atoms with Crippen LogP contribution in [-0.2, 0) is 11.2 Å². The van der Waals surface area contributed by atoms with E-state index in [-0.39, 0.29) is 23.6 Å². The highest BCUT2D eigenvalue weighted by atomic mass is 19.1. The second kappa shape index (κ2) is 7.03. The van der Waals surface area contributed by atoms with Gasteiger partial charge in [0.05, 0.1) is 6.10 Å². The maximum atomic E-state index is 13.1. The minimum absolute atomic E-state index is 0.0878. The Balaban J connectivity index is 1.85. The van der Waals surface area contributed by atoms with Gasteiger partial charge in [-0.1, -0.05) is 26.0 Å². The van der Waals surface area contributed by atoms with Crippen LogP contribution in [-0.4, -0.2) is 35.1 Å². The molecule has 1 heterocycles. The van der Waals surface area contributed by atoms with Crippen LogP contribution in [0.2, 0.25) is 0 Å². The molecule has 1 aromatic rings. The molecule has 1 aliphatic heterocycles. The third-order valence-electron chi connectivity index (χ3n) is 4.27. The van der Waals surface area contributed by atoms with Gasteiger partial charge in [-0.2, -0.15) is 0 Å². The van der Waals surface area contributed by atoms with Gasteiger partial charge in [-0.3, -0.25) is 4.79 Å². The summed E-state index contributed by atoms with van der Waals surface area (Å²) in [6, 6.07) is 6.53. The zero-order valence-electron chi connectivity index (χ0n) is 12.8. The predicted molar refractivity (Wildman–Crippen MR) is 80.3 cm³/mol. The molecule has 1 N–H and O–H groups in total. The molecule has 0 spiro atoms. The third kappa shape index (κ3) is 4.53. The number of β-amino-alcohol motifs (C(OH)–C–C–N with tert-alkyl or cyclic N) is 1. The summed E-state index contributed by atoms with van der Waals surface area (Å²) in [6.07, 6.45) is 1.57. The van der Waals surface area contributed by atoms with E-state index in [0.717, 1.165) is 18.5 Å². The first-order valence-corrected chi connectivity index (χ1v) is 7.66. The van der Waals surface area contributed by atoms with Gasteiger partial charge in [-0.25, -0.2) is 4.39 Å². The molecule has 0 bridgehead atoms. The summed E-state index contributed by atoms with van der Waals surface area (Å²) in [7, 11) is 0. The van der Waals surface area contributed by atoms with Crippen LogP contribution >= 0.6 is 0 Å². The number of hydrogen-bond acceptors (Lipinski definition) is 2. The summed E-state index contributed by atoms with van der Waals surface area (Å²) in [4.78, 5) is 14.0. The summed E-state index contributed by atoms with van der Waals surface area (Å²) in [5, 5.41) is 9.86. The lowest BCUT2D eigenvalue weighted by molar-refractivity contribution is -0.136. The van der Waals surface area contributed by atoms with E-state index in [0.29, 0.717) is 19.4 Å². The number of likely N-dealkylation sites (tertiary alicyclic amines) is 1. The SMILES string of the molecule is CC(CC(=O)N1CCC(C)C(O)C1)Cc1cccc(F)c1. The first-order valence-electron chi connectivity index (χ1n) is 7.66. The predicted octanol–water partition coefficient (Wildman–Crippen LogP) is 2.62. The number of aliphatic hydroxyl groups is 1. The number of halogens is 1. The van der Waals surface area contributed by atoms with Gasteiger partial charge in [0.1, 0.15) is 5.82 Å². The average molecular weight is 293 g/mol. The van der Waals surface area contributed by atoms with Gasteiger partial charge in [0.15, 0.2) is 0 Å². The number of hydrogen-bond donors (Lipinski definition) is 1. The normalized spacial score (nSPS) is 23.9. The van der Waals surface area contributed by atoms with Crippen molar-refractivity contribution in [2.24, 2.45) is 11.8 Å². The Kier molecular flexibility index (Phi) is 5.34. The lowest BCUT2D eigenvalue weighted by atomic mass is 9.94. The zero-order chi connectivity index (χ0) is 15.4. The van der Waals surface area contributed by atoms with Crippen LogP contribution in [0, 0.1) is 17.7 Å². The van der Waals surface area contributed by atoms with Gasteiger partial charge in [-0.05, 0) is 42.4 Å². The number of benzene rings is 1. The first kappa shape index (κ1) is 16.0. The van der Waals surface area contributed by atoms with Crippen LogP contribution in [0.25, 0.3) is 0 Å². The molecule has 2 rings (SSSR count).